The van der Waals surface area contributed by atoms with Crippen LogP contribution in [-0.4, -0.2) is 28.4 Å². The third kappa shape index (κ3) is 2.98. The molecule has 1 saturated heterocycles. The van der Waals surface area contributed by atoms with E-state index in [2.05, 4.69) is 29.7 Å². The molecule has 1 amide bonds. The lowest BCUT2D eigenvalue weighted by Crippen LogP contribution is -2.24. The Balaban J connectivity index is 2.02. The molecule has 17 heavy (non-hydrogen) atoms. The maximum atomic E-state index is 11.8. The summed E-state index contributed by atoms with van der Waals surface area (Å²) in [6, 6.07) is 0. The number of aryl methyl sites for hydroxylation is 1. The molecule has 1 aromatic rings. The van der Waals surface area contributed by atoms with Gasteiger partial charge in [-0.15, -0.1) is 10.2 Å². The molecule has 1 aliphatic heterocycles. The highest BCUT2D eigenvalue weighted by molar-refractivity contribution is 7.80. The first-order valence-electron chi connectivity index (χ1n) is 5.98. The highest BCUT2D eigenvalue weighted by Gasteiger charge is 2.31. The number of hydrogen-bond acceptors (Lipinski definition) is 5. The molecule has 4 nitrogen and oxygen atoms in total. The molecular weight excluding hydrogens is 254 g/mol. The molecule has 0 spiro atoms. The van der Waals surface area contributed by atoms with Crippen molar-refractivity contribution in [3.63, 3.8) is 0 Å². The molecule has 2 rings (SSSR count). The average Bonchev–Trinajstić information content (AvgIpc) is 2.92. The van der Waals surface area contributed by atoms with Crippen LogP contribution >= 0.6 is 24.0 Å². The number of carbonyl (C=O) groups excluding carboxylic acids is 1. The van der Waals surface area contributed by atoms with Crippen LogP contribution in [-0.2, 0) is 11.2 Å². The summed E-state index contributed by atoms with van der Waals surface area (Å²) in [7, 11) is 0. The number of aromatic nitrogens is 2. The SMILES string of the molecule is CCCCc1nnc(N2CC(CS)CC2=O)s1. The number of amides is 1. The molecule has 0 radical (unpaired) electrons. The van der Waals surface area contributed by atoms with E-state index in [1.807, 2.05) is 0 Å². The average molecular weight is 271 g/mol. The molecule has 0 aliphatic carbocycles. The molecule has 0 bridgehead atoms. The van der Waals surface area contributed by atoms with E-state index in [0.717, 1.165) is 41.7 Å². The summed E-state index contributed by atoms with van der Waals surface area (Å²) >= 11 is 5.79. The lowest BCUT2D eigenvalue weighted by atomic mass is 10.1. The summed E-state index contributed by atoms with van der Waals surface area (Å²) in [5.74, 6) is 1.26. The second-order valence-electron chi connectivity index (χ2n) is 4.34. The summed E-state index contributed by atoms with van der Waals surface area (Å²) in [4.78, 5) is 13.6. The first kappa shape index (κ1) is 12.8. The van der Waals surface area contributed by atoms with E-state index in [1.165, 1.54) is 0 Å². The van der Waals surface area contributed by atoms with Crippen molar-refractivity contribution in [2.45, 2.75) is 32.6 Å². The van der Waals surface area contributed by atoms with Gasteiger partial charge in [-0.3, -0.25) is 9.69 Å². The Morgan fingerprint density at radius 1 is 1.53 bits per heavy atom. The van der Waals surface area contributed by atoms with E-state index in [9.17, 15) is 4.79 Å². The first-order chi connectivity index (χ1) is 8.24. The third-order valence-corrected chi connectivity index (χ3v) is 4.42. The lowest BCUT2D eigenvalue weighted by Gasteiger charge is -2.10. The zero-order valence-electron chi connectivity index (χ0n) is 9.93. The van der Waals surface area contributed by atoms with Crippen LogP contribution in [0.25, 0.3) is 0 Å². The van der Waals surface area contributed by atoms with E-state index in [0.29, 0.717) is 12.3 Å². The largest absolute Gasteiger partial charge is 0.286 e. The number of rotatable bonds is 5. The molecule has 6 heteroatoms. The third-order valence-electron chi connectivity index (χ3n) is 2.89. The molecule has 0 N–H and O–H groups in total. The summed E-state index contributed by atoms with van der Waals surface area (Å²) in [6.45, 7) is 2.90. The first-order valence-corrected chi connectivity index (χ1v) is 7.43. The maximum absolute atomic E-state index is 11.8. The Kier molecular flexibility index (Phi) is 4.39. The molecular formula is C11H17N3OS2. The van der Waals surface area contributed by atoms with Crippen molar-refractivity contribution < 1.29 is 4.79 Å². The second kappa shape index (κ2) is 5.82. The number of nitrogens with zero attached hydrogens (tertiary/aromatic N) is 3. The van der Waals surface area contributed by atoms with Gasteiger partial charge >= 0.3 is 0 Å². The van der Waals surface area contributed by atoms with Gasteiger partial charge in [-0.05, 0) is 18.1 Å². The Labute approximate surface area is 111 Å². The van der Waals surface area contributed by atoms with E-state index < -0.39 is 0 Å². The fourth-order valence-electron chi connectivity index (χ4n) is 1.87. The van der Waals surface area contributed by atoms with Gasteiger partial charge in [0.05, 0.1) is 0 Å². The highest BCUT2D eigenvalue weighted by Crippen LogP contribution is 2.28. The predicted molar refractivity (Wildman–Crippen MR) is 72.8 cm³/mol. The van der Waals surface area contributed by atoms with Crippen LogP contribution < -0.4 is 4.90 Å². The van der Waals surface area contributed by atoms with Crippen molar-refractivity contribution >= 4 is 35.0 Å². The quantitative estimate of drug-likeness (QED) is 0.835. The fraction of sp³-hybridized carbons (Fsp3) is 0.727. The van der Waals surface area contributed by atoms with Crippen molar-refractivity contribution in [1.29, 1.82) is 0 Å². The van der Waals surface area contributed by atoms with Gasteiger partial charge in [0.15, 0.2) is 0 Å². The molecule has 0 aromatic carbocycles. The minimum atomic E-state index is 0.155. The number of carbonyl (C=O) groups is 1. The van der Waals surface area contributed by atoms with Gasteiger partial charge in [0.1, 0.15) is 5.01 Å². The summed E-state index contributed by atoms with van der Waals surface area (Å²) in [5.41, 5.74) is 0. The maximum Gasteiger partial charge on any atom is 0.229 e. The standard InChI is InChI=1S/C11H17N3OS2/c1-2-3-4-9-12-13-11(17-9)14-6-8(7-16)5-10(14)15/h8,16H,2-7H2,1H3. The van der Waals surface area contributed by atoms with E-state index in [1.54, 1.807) is 16.2 Å². The van der Waals surface area contributed by atoms with E-state index in [4.69, 9.17) is 0 Å². The van der Waals surface area contributed by atoms with Crippen molar-refractivity contribution in [3.8, 4) is 0 Å². The van der Waals surface area contributed by atoms with Crippen LogP contribution in [0, 0.1) is 5.92 Å². The molecule has 1 aliphatic rings. The van der Waals surface area contributed by atoms with Crippen molar-refractivity contribution in [2.75, 3.05) is 17.2 Å². The molecule has 1 unspecified atom stereocenters. The van der Waals surface area contributed by atoms with Crippen LogP contribution in [0.3, 0.4) is 0 Å². The summed E-state index contributed by atoms with van der Waals surface area (Å²) in [5, 5.41) is 10.0. The normalized spacial score (nSPS) is 20.2. The molecule has 1 fully saturated rings. The Morgan fingerprint density at radius 2 is 2.35 bits per heavy atom. The van der Waals surface area contributed by atoms with Crippen molar-refractivity contribution in [1.82, 2.24) is 10.2 Å². The number of thiol groups is 1. The highest BCUT2D eigenvalue weighted by atomic mass is 32.1. The van der Waals surface area contributed by atoms with Crippen LogP contribution in [0.5, 0.6) is 0 Å². The molecule has 2 heterocycles. The van der Waals surface area contributed by atoms with Gasteiger partial charge in [0.2, 0.25) is 11.0 Å². The number of hydrogen-bond donors (Lipinski definition) is 1. The molecule has 1 atom stereocenters. The lowest BCUT2D eigenvalue weighted by molar-refractivity contribution is -0.117. The van der Waals surface area contributed by atoms with Gasteiger partial charge in [-0.2, -0.15) is 12.6 Å². The second-order valence-corrected chi connectivity index (χ2v) is 5.74. The van der Waals surface area contributed by atoms with Crippen LogP contribution in [0.2, 0.25) is 0 Å². The van der Waals surface area contributed by atoms with Gasteiger partial charge in [-0.1, -0.05) is 24.7 Å². The van der Waals surface area contributed by atoms with Gasteiger partial charge in [0, 0.05) is 19.4 Å². The molecule has 94 valence electrons. The topological polar surface area (TPSA) is 46.1 Å². The van der Waals surface area contributed by atoms with Crippen molar-refractivity contribution in [3.05, 3.63) is 5.01 Å². The number of anilines is 1. The monoisotopic (exact) mass is 271 g/mol. The zero-order valence-corrected chi connectivity index (χ0v) is 11.6. The van der Waals surface area contributed by atoms with Crippen LogP contribution in [0.1, 0.15) is 31.2 Å². The van der Waals surface area contributed by atoms with Crippen LogP contribution in [0.4, 0.5) is 5.13 Å². The van der Waals surface area contributed by atoms with Crippen molar-refractivity contribution in [2.24, 2.45) is 5.92 Å². The minimum Gasteiger partial charge on any atom is -0.286 e. The van der Waals surface area contributed by atoms with E-state index >= 15 is 0 Å². The Morgan fingerprint density at radius 3 is 3.00 bits per heavy atom. The Hall–Kier alpha value is -0.620. The Bertz CT molecular complexity index is 394. The van der Waals surface area contributed by atoms with E-state index in [-0.39, 0.29) is 5.91 Å². The molecule has 1 aromatic heterocycles. The van der Waals surface area contributed by atoms with Gasteiger partial charge in [0.25, 0.3) is 0 Å². The smallest absolute Gasteiger partial charge is 0.229 e. The number of unbranched alkanes of at least 4 members (excludes halogenated alkanes) is 1. The zero-order chi connectivity index (χ0) is 12.3. The predicted octanol–water partition coefficient (Wildman–Crippen LogP) is 2.16. The molecule has 0 saturated carbocycles. The summed E-state index contributed by atoms with van der Waals surface area (Å²) in [6.07, 6.45) is 3.83. The van der Waals surface area contributed by atoms with Crippen LogP contribution in [0.15, 0.2) is 0 Å². The van der Waals surface area contributed by atoms with Gasteiger partial charge in [-0.25, -0.2) is 0 Å². The summed E-state index contributed by atoms with van der Waals surface area (Å²) < 4.78 is 0. The van der Waals surface area contributed by atoms with Gasteiger partial charge < -0.3 is 0 Å². The fourth-order valence-corrected chi connectivity index (χ4v) is 3.02. The minimum absolute atomic E-state index is 0.155.